The smallest absolute Gasteiger partial charge is 0.143 e. The molecular formula is C62H39NO2. The molecule has 3 nitrogen and oxygen atoms in total. The van der Waals surface area contributed by atoms with E-state index in [1.165, 1.54) is 27.6 Å². The number of hydrogen-bond donors (Lipinski definition) is 0. The molecule has 2 aromatic heterocycles. The topological polar surface area (TPSA) is 29.5 Å². The van der Waals surface area contributed by atoms with Crippen LogP contribution in [0.5, 0.6) is 0 Å². The molecule has 0 amide bonds. The largest absolute Gasteiger partial charge is 0.455 e. The number of rotatable bonds is 7. The fraction of sp³-hybridized carbons (Fsp3) is 0. The van der Waals surface area contributed by atoms with Crippen LogP contribution in [0.1, 0.15) is 0 Å². The molecule has 0 fully saturated rings. The third-order valence-electron chi connectivity index (χ3n) is 13.1. The van der Waals surface area contributed by atoms with E-state index in [1.54, 1.807) is 0 Å². The third-order valence-corrected chi connectivity index (χ3v) is 13.1. The Balaban J connectivity index is 0.999. The third kappa shape index (κ3) is 6.12. The van der Waals surface area contributed by atoms with Gasteiger partial charge in [0.25, 0.3) is 0 Å². The molecule has 0 aliphatic carbocycles. The number of anilines is 3. The molecule has 0 spiro atoms. The maximum absolute atomic E-state index is 6.78. The monoisotopic (exact) mass is 829 g/mol. The Hall–Kier alpha value is -8.66. The zero-order chi connectivity index (χ0) is 42.8. The lowest BCUT2D eigenvalue weighted by Gasteiger charge is -2.28. The van der Waals surface area contributed by atoms with Gasteiger partial charge in [-0.2, -0.15) is 0 Å². The maximum Gasteiger partial charge on any atom is 0.143 e. The summed E-state index contributed by atoms with van der Waals surface area (Å²) in [5, 5.41) is 8.90. The van der Waals surface area contributed by atoms with Crippen molar-refractivity contribution in [3.63, 3.8) is 0 Å². The van der Waals surface area contributed by atoms with Crippen LogP contribution in [0.4, 0.5) is 17.1 Å². The molecule has 2 heterocycles. The van der Waals surface area contributed by atoms with E-state index in [0.29, 0.717) is 0 Å². The Kier molecular flexibility index (Phi) is 8.53. The summed E-state index contributed by atoms with van der Waals surface area (Å²) < 4.78 is 13.4. The van der Waals surface area contributed by atoms with Gasteiger partial charge in [-0.1, -0.05) is 176 Å². The molecule has 0 atom stereocenters. The van der Waals surface area contributed by atoms with Crippen molar-refractivity contribution in [2.45, 2.75) is 0 Å². The first-order valence-electron chi connectivity index (χ1n) is 22.2. The second-order valence-electron chi connectivity index (χ2n) is 16.8. The molecule has 3 heteroatoms. The number of nitrogens with zero attached hydrogens (tertiary/aromatic N) is 1. The molecule has 0 saturated heterocycles. The van der Waals surface area contributed by atoms with Crippen molar-refractivity contribution in [2.24, 2.45) is 0 Å². The van der Waals surface area contributed by atoms with Crippen molar-refractivity contribution in [3.05, 3.63) is 237 Å². The Morgan fingerprint density at radius 3 is 1.62 bits per heavy atom. The van der Waals surface area contributed by atoms with Gasteiger partial charge in [0.1, 0.15) is 22.3 Å². The lowest BCUT2D eigenvalue weighted by atomic mass is 9.91. The van der Waals surface area contributed by atoms with Gasteiger partial charge >= 0.3 is 0 Å². The summed E-state index contributed by atoms with van der Waals surface area (Å²) in [6.07, 6.45) is 0. The average Bonchev–Trinajstić information content (AvgIpc) is 3.97. The predicted molar refractivity (Wildman–Crippen MR) is 272 cm³/mol. The fourth-order valence-corrected chi connectivity index (χ4v) is 9.97. The Bertz CT molecular complexity index is 3940. The van der Waals surface area contributed by atoms with Gasteiger partial charge in [-0.3, -0.25) is 0 Å². The van der Waals surface area contributed by atoms with Gasteiger partial charge < -0.3 is 13.7 Å². The van der Waals surface area contributed by atoms with E-state index in [-0.39, 0.29) is 0 Å². The van der Waals surface area contributed by atoms with Gasteiger partial charge in [0, 0.05) is 38.2 Å². The predicted octanol–water partition coefficient (Wildman–Crippen LogP) is 17.9. The van der Waals surface area contributed by atoms with Gasteiger partial charge in [0.2, 0.25) is 0 Å². The van der Waals surface area contributed by atoms with Crippen LogP contribution in [0.3, 0.4) is 0 Å². The molecule has 13 rings (SSSR count). The first kappa shape index (κ1) is 36.9. The number of benzene rings is 11. The summed E-state index contributed by atoms with van der Waals surface area (Å²) in [7, 11) is 0. The molecule has 11 aromatic carbocycles. The summed E-state index contributed by atoms with van der Waals surface area (Å²) in [5.74, 6) is 0. The van der Waals surface area contributed by atoms with Crippen LogP contribution >= 0.6 is 0 Å². The van der Waals surface area contributed by atoms with E-state index in [0.717, 1.165) is 99.4 Å². The second-order valence-corrected chi connectivity index (χ2v) is 16.8. The van der Waals surface area contributed by atoms with Gasteiger partial charge in [0.15, 0.2) is 0 Å². The molecule has 0 unspecified atom stereocenters. The van der Waals surface area contributed by atoms with E-state index >= 15 is 0 Å². The van der Waals surface area contributed by atoms with E-state index in [4.69, 9.17) is 8.83 Å². The minimum absolute atomic E-state index is 0.846. The average molecular weight is 830 g/mol. The van der Waals surface area contributed by atoms with Crippen LogP contribution < -0.4 is 4.90 Å². The SMILES string of the molecule is c1ccc(-c2ccc(-c3ccc(N(c4ccccc4-c4ccc5oc6c7ccccc7ccc6c5c4)c4cccc5oc6c7ccccc7ccc6c45)cc3)cc2-c2ccccc2)cc1. The summed E-state index contributed by atoms with van der Waals surface area (Å²) in [5.41, 5.74) is 16.0. The number of para-hydroxylation sites is 1. The van der Waals surface area contributed by atoms with Crippen LogP contribution in [-0.4, -0.2) is 0 Å². The van der Waals surface area contributed by atoms with Gasteiger partial charge in [-0.15, -0.1) is 0 Å². The Labute approximate surface area is 375 Å². The summed E-state index contributed by atoms with van der Waals surface area (Å²) in [6, 6.07) is 84.7. The van der Waals surface area contributed by atoms with Crippen LogP contribution in [0.15, 0.2) is 245 Å². The molecule has 0 saturated carbocycles. The van der Waals surface area contributed by atoms with Crippen molar-refractivity contribution < 1.29 is 8.83 Å². The summed E-state index contributed by atoms with van der Waals surface area (Å²) in [6.45, 7) is 0. The van der Waals surface area contributed by atoms with E-state index in [1.807, 2.05) is 0 Å². The first-order chi connectivity index (χ1) is 32.2. The van der Waals surface area contributed by atoms with Crippen LogP contribution in [0, 0.1) is 0 Å². The first-order valence-corrected chi connectivity index (χ1v) is 22.2. The molecule has 65 heavy (non-hydrogen) atoms. The minimum Gasteiger partial charge on any atom is -0.455 e. The van der Waals surface area contributed by atoms with Gasteiger partial charge in [-0.25, -0.2) is 0 Å². The van der Waals surface area contributed by atoms with Crippen LogP contribution in [0.2, 0.25) is 0 Å². The molecule has 0 aliphatic heterocycles. The lowest BCUT2D eigenvalue weighted by Crippen LogP contribution is -2.11. The zero-order valence-electron chi connectivity index (χ0n) is 35.3. The molecule has 13 aromatic rings. The molecule has 0 aliphatic rings. The second kappa shape index (κ2) is 15.0. The number of furan rings is 2. The van der Waals surface area contributed by atoms with Gasteiger partial charge in [-0.05, 0) is 110 Å². The number of hydrogen-bond acceptors (Lipinski definition) is 3. The highest BCUT2D eigenvalue weighted by atomic mass is 16.3. The maximum atomic E-state index is 6.78. The van der Waals surface area contributed by atoms with Crippen molar-refractivity contribution >= 4 is 82.5 Å². The normalized spacial score (nSPS) is 11.7. The van der Waals surface area contributed by atoms with E-state index in [2.05, 4.69) is 241 Å². The molecular weight excluding hydrogens is 791 g/mol. The van der Waals surface area contributed by atoms with Crippen molar-refractivity contribution in [1.82, 2.24) is 0 Å². The highest BCUT2D eigenvalue weighted by Gasteiger charge is 2.23. The minimum atomic E-state index is 0.846. The van der Waals surface area contributed by atoms with E-state index < -0.39 is 0 Å². The van der Waals surface area contributed by atoms with Crippen molar-refractivity contribution in [2.75, 3.05) is 4.90 Å². The van der Waals surface area contributed by atoms with Gasteiger partial charge in [0.05, 0.1) is 16.8 Å². The van der Waals surface area contributed by atoms with Crippen molar-refractivity contribution in [1.29, 1.82) is 0 Å². The molecule has 304 valence electrons. The fourth-order valence-electron chi connectivity index (χ4n) is 9.97. The Morgan fingerprint density at radius 2 is 0.862 bits per heavy atom. The zero-order valence-corrected chi connectivity index (χ0v) is 35.3. The highest BCUT2D eigenvalue weighted by molar-refractivity contribution is 6.20. The summed E-state index contributed by atoms with van der Waals surface area (Å²) in [4.78, 5) is 2.41. The lowest BCUT2D eigenvalue weighted by molar-refractivity contribution is 0.672. The molecule has 0 radical (unpaired) electrons. The Morgan fingerprint density at radius 1 is 0.277 bits per heavy atom. The standard InChI is InChI=1S/C62H39NO2/c1-3-14-41(15-4-1)48-34-30-45(38-54(48)42-16-5-2-6-17-42)40-26-32-47(33-27-40)63(57-24-13-25-59-60(57)53-36-29-44-19-8-10-22-51(44)62(53)65-59)56-23-12-11-20-49(56)46-31-37-58-55(39-46)52-35-28-43-18-7-9-21-50(43)61(52)64-58/h1-39H. The number of fused-ring (bicyclic) bond motifs is 10. The van der Waals surface area contributed by atoms with E-state index in [9.17, 15) is 0 Å². The van der Waals surface area contributed by atoms with Crippen molar-refractivity contribution in [3.8, 4) is 44.5 Å². The van der Waals surface area contributed by atoms with Crippen LogP contribution in [0.25, 0.3) is 110 Å². The summed E-state index contributed by atoms with van der Waals surface area (Å²) >= 11 is 0. The quantitative estimate of drug-likeness (QED) is 0.160. The molecule has 0 bridgehead atoms. The molecule has 0 N–H and O–H groups in total. The van der Waals surface area contributed by atoms with Crippen LogP contribution in [-0.2, 0) is 0 Å². The highest BCUT2D eigenvalue weighted by Crippen LogP contribution is 2.48.